The Morgan fingerprint density at radius 1 is 1.07 bits per heavy atom. The van der Waals surface area contributed by atoms with Crippen molar-refractivity contribution in [1.29, 1.82) is 0 Å². The number of rotatable bonds is 6. The van der Waals surface area contributed by atoms with Crippen molar-refractivity contribution in [3.63, 3.8) is 0 Å². The SMILES string of the molecule is COCCOc1cc(Br)cc(COC)c1. The van der Waals surface area contributed by atoms with Crippen LogP contribution in [0, 0.1) is 0 Å². The van der Waals surface area contributed by atoms with E-state index in [-0.39, 0.29) is 0 Å². The summed E-state index contributed by atoms with van der Waals surface area (Å²) in [5.74, 6) is 0.827. The summed E-state index contributed by atoms with van der Waals surface area (Å²) in [6.07, 6.45) is 0. The van der Waals surface area contributed by atoms with Crippen LogP contribution in [0.1, 0.15) is 5.56 Å². The third-order valence-corrected chi connectivity index (χ3v) is 2.26. The maximum atomic E-state index is 5.50. The number of ether oxygens (including phenoxy) is 3. The van der Waals surface area contributed by atoms with Crippen molar-refractivity contribution < 1.29 is 14.2 Å². The average molecular weight is 275 g/mol. The van der Waals surface area contributed by atoms with Gasteiger partial charge in [0.1, 0.15) is 12.4 Å². The molecule has 0 N–H and O–H groups in total. The Morgan fingerprint density at radius 3 is 2.53 bits per heavy atom. The van der Waals surface area contributed by atoms with Crippen molar-refractivity contribution in [2.45, 2.75) is 6.61 Å². The smallest absolute Gasteiger partial charge is 0.120 e. The van der Waals surface area contributed by atoms with E-state index in [1.54, 1.807) is 14.2 Å². The lowest BCUT2D eigenvalue weighted by molar-refractivity contribution is 0.146. The van der Waals surface area contributed by atoms with Crippen LogP contribution in [0.5, 0.6) is 5.75 Å². The van der Waals surface area contributed by atoms with Crippen molar-refractivity contribution in [3.8, 4) is 5.75 Å². The number of hydrogen-bond acceptors (Lipinski definition) is 3. The summed E-state index contributed by atoms with van der Waals surface area (Å²) in [5.41, 5.74) is 1.08. The van der Waals surface area contributed by atoms with Crippen LogP contribution in [-0.2, 0) is 16.1 Å². The van der Waals surface area contributed by atoms with E-state index in [4.69, 9.17) is 14.2 Å². The fourth-order valence-electron chi connectivity index (χ4n) is 1.20. The maximum Gasteiger partial charge on any atom is 0.120 e. The van der Waals surface area contributed by atoms with Crippen LogP contribution in [0.4, 0.5) is 0 Å². The number of benzene rings is 1. The summed E-state index contributed by atoms with van der Waals surface area (Å²) >= 11 is 3.43. The van der Waals surface area contributed by atoms with Crippen molar-refractivity contribution in [2.24, 2.45) is 0 Å². The van der Waals surface area contributed by atoms with Gasteiger partial charge in [-0.3, -0.25) is 0 Å². The molecule has 0 aliphatic carbocycles. The molecule has 15 heavy (non-hydrogen) atoms. The van der Waals surface area contributed by atoms with E-state index in [0.29, 0.717) is 19.8 Å². The molecule has 0 spiro atoms. The molecule has 0 aromatic heterocycles. The monoisotopic (exact) mass is 274 g/mol. The van der Waals surface area contributed by atoms with Gasteiger partial charge in [0.15, 0.2) is 0 Å². The molecule has 0 amide bonds. The number of methoxy groups -OCH3 is 2. The molecule has 84 valence electrons. The molecule has 3 nitrogen and oxygen atoms in total. The van der Waals surface area contributed by atoms with E-state index >= 15 is 0 Å². The Hall–Kier alpha value is -0.580. The second-order valence-electron chi connectivity index (χ2n) is 3.07. The highest BCUT2D eigenvalue weighted by Crippen LogP contribution is 2.21. The van der Waals surface area contributed by atoms with E-state index in [2.05, 4.69) is 15.9 Å². The Balaban J connectivity index is 2.62. The fraction of sp³-hybridized carbons (Fsp3) is 0.455. The molecule has 0 aliphatic heterocycles. The molecule has 0 heterocycles. The summed E-state index contributed by atoms with van der Waals surface area (Å²) in [7, 11) is 3.33. The zero-order chi connectivity index (χ0) is 11.1. The zero-order valence-electron chi connectivity index (χ0n) is 8.96. The lowest BCUT2D eigenvalue weighted by atomic mass is 10.2. The molecule has 0 radical (unpaired) electrons. The molecule has 0 bridgehead atoms. The largest absolute Gasteiger partial charge is 0.491 e. The van der Waals surface area contributed by atoms with Gasteiger partial charge in [0.05, 0.1) is 13.2 Å². The average Bonchev–Trinajstić information content (AvgIpc) is 2.18. The molecule has 0 atom stereocenters. The van der Waals surface area contributed by atoms with Crippen LogP contribution < -0.4 is 4.74 Å². The predicted octanol–water partition coefficient (Wildman–Crippen LogP) is 2.62. The lowest BCUT2D eigenvalue weighted by Crippen LogP contribution is -2.04. The first-order valence-corrected chi connectivity index (χ1v) is 5.45. The van der Waals surface area contributed by atoms with Gasteiger partial charge in [-0.05, 0) is 23.8 Å². The predicted molar refractivity (Wildman–Crippen MR) is 62.2 cm³/mol. The van der Waals surface area contributed by atoms with Gasteiger partial charge in [0.25, 0.3) is 0 Å². The molecule has 0 fully saturated rings. The maximum absolute atomic E-state index is 5.50. The minimum atomic E-state index is 0.555. The lowest BCUT2D eigenvalue weighted by Gasteiger charge is -2.08. The number of hydrogen-bond donors (Lipinski definition) is 0. The van der Waals surface area contributed by atoms with Gasteiger partial charge < -0.3 is 14.2 Å². The quantitative estimate of drug-likeness (QED) is 0.747. The summed E-state index contributed by atoms with van der Waals surface area (Å²) in [6, 6.07) is 5.89. The third-order valence-electron chi connectivity index (χ3n) is 1.80. The van der Waals surface area contributed by atoms with Gasteiger partial charge >= 0.3 is 0 Å². The summed E-state index contributed by atoms with van der Waals surface area (Å²) < 4.78 is 16.5. The molecule has 0 saturated carbocycles. The normalized spacial score (nSPS) is 10.3. The summed E-state index contributed by atoms with van der Waals surface area (Å²) in [5, 5.41) is 0. The molecule has 1 rings (SSSR count). The fourth-order valence-corrected chi connectivity index (χ4v) is 1.72. The van der Waals surface area contributed by atoms with Gasteiger partial charge in [-0.15, -0.1) is 0 Å². The first-order chi connectivity index (χ1) is 7.26. The summed E-state index contributed by atoms with van der Waals surface area (Å²) in [6.45, 7) is 1.73. The van der Waals surface area contributed by atoms with Gasteiger partial charge in [-0.25, -0.2) is 0 Å². The molecule has 1 aromatic rings. The summed E-state index contributed by atoms with van der Waals surface area (Å²) in [4.78, 5) is 0. The van der Waals surface area contributed by atoms with Crippen molar-refractivity contribution in [1.82, 2.24) is 0 Å². The molecular formula is C11H15BrO3. The number of halogens is 1. The van der Waals surface area contributed by atoms with Crippen LogP contribution in [0.3, 0.4) is 0 Å². The second-order valence-corrected chi connectivity index (χ2v) is 3.99. The van der Waals surface area contributed by atoms with E-state index in [9.17, 15) is 0 Å². The Morgan fingerprint density at radius 2 is 1.87 bits per heavy atom. The van der Waals surface area contributed by atoms with Crippen LogP contribution >= 0.6 is 15.9 Å². The molecule has 0 aliphatic rings. The van der Waals surface area contributed by atoms with Crippen LogP contribution in [0.2, 0.25) is 0 Å². The van der Waals surface area contributed by atoms with E-state index in [0.717, 1.165) is 15.8 Å². The molecular weight excluding hydrogens is 260 g/mol. The van der Waals surface area contributed by atoms with Crippen LogP contribution in [0.15, 0.2) is 22.7 Å². The topological polar surface area (TPSA) is 27.7 Å². The van der Waals surface area contributed by atoms with Gasteiger partial charge in [0, 0.05) is 18.7 Å². The van der Waals surface area contributed by atoms with Gasteiger partial charge in [0.2, 0.25) is 0 Å². The first kappa shape index (κ1) is 12.5. The Bertz CT molecular complexity index is 302. The van der Waals surface area contributed by atoms with Crippen LogP contribution in [0.25, 0.3) is 0 Å². The standard InChI is InChI=1S/C11H15BrO3/c1-13-3-4-15-11-6-9(8-14-2)5-10(12)7-11/h5-7H,3-4,8H2,1-2H3. The molecule has 0 saturated heterocycles. The highest BCUT2D eigenvalue weighted by atomic mass is 79.9. The van der Waals surface area contributed by atoms with E-state index in [1.165, 1.54) is 0 Å². The van der Waals surface area contributed by atoms with Crippen molar-refractivity contribution >= 4 is 15.9 Å². The van der Waals surface area contributed by atoms with E-state index < -0.39 is 0 Å². The molecule has 1 aromatic carbocycles. The minimum Gasteiger partial charge on any atom is -0.491 e. The molecule has 4 heteroatoms. The Labute approximate surface area is 98.5 Å². The van der Waals surface area contributed by atoms with E-state index in [1.807, 2.05) is 18.2 Å². The second kappa shape index (κ2) is 6.82. The molecule has 0 unspecified atom stereocenters. The highest BCUT2D eigenvalue weighted by Gasteiger charge is 2.00. The van der Waals surface area contributed by atoms with Crippen LogP contribution in [-0.4, -0.2) is 27.4 Å². The first-order valence-electron chi connectivity index (χ1n) is 4.66. The van der Waals surface area contributed by atoms with Crippen molar-refractivity contribution in [3.05, 3.63) is 28.2 Å². The van der Waals surface area contributed by atoms with Gasteiger partial charge in [-0.2, -0.15) is 0 Å². The zero-order valence-corrected chi connectivity index (χ0v) is 10.5. The minimum absolute atomic E-state index is 0.555. The third kappa shape index (κ3) is 4.64. The highest BCUT2D eigenvalue weighted by molar-refractivity contribution is 9.10. The van der Waals surface area contributed by atoms with Gasteiger partial charge in [-0.1, -0.05) is 15.9 Å². The Kier molecular flexibility index (Phi) is 5.68. The van der Waals surface area contributed by atoms with Crippen molar-refractivity contribution in [2.75, 3.05) is 27.4 Å².